The fourth-order valence-electron chi connectivity index (χ4n) is 3.92. The normalized spacial score (nSPS) is 16.3. The minimum atomic E-state index is -0.307. The van der Waals surface area contributed by atoms with Gasteiger partial charge < -0.3 is 14.8 Å². The highest BCUT2D eigenvalue weighted by molar-refractivity contribution is 5.99. The fraction of sp³-hybridized carbons (Fsp3) is 0.583. The van der Waals surface area contributed by atoms with E-state index in [1.807, 2.05) is 30.6 Å². The Morgan fingerprint density at radius 2 is 1.43 bits per heavy atom. The molecule has 1 aromatic carbocycles. The van der Waals surface area contributed by atoms with Crippen LogP contribution < -0.4 is 0 Å². The third kappa shape index (κ3) is 6.07. The van der Waals surface area contributed by atoms with Gasteiger partial charge in [0.1, 0.15) is 11.5 Å². The van der Waals surface area contributed by atoms with Crippen LogP contribution in [-0.4, -0.2) is 52.8 Å². The van der Waals surface area contributed by atoms with Crippen LogP contribution in [0.1, 0.15) is 75.3 Å². The zero-order valence-electron chi connectivity index (χ0n) is 18.9. The van der Waals surface area contributed by atoms with Crippen molar-refractivity contribution < 1.29 is 14.0 Å². The summed E-state index contributed by atoms with van der Waals surface area (Å²) in [6.07, 6.45) is 6.98. The summed E-state index contributed by atoms with van der Waals surface area (Å²) in [5, 5.41) is 0.792. The quantitative estimate of drug-likeness (QED) is 0.686. The number of carbonyl (C=O) groups is 2. The minimum absolute atomic E-state index is 0.0188. The number of rotatable bonds is 1. The number of likely N-dealkylation sites (tertiary alicyclic amines) is 2. The van der Waals surface area contributed by atoms with E-state index in [4.69, 9.17) is 0 Å². The van der Waals surface area contributed by atoms with Crippen molar-refractivity contribution >= 4 is 22.7 Å². The second-order valence-corrected chi connectivity index (χ2v) is 7.76. The largest absolute Gasteiger partial charge is 0.348 e. The third-order valence-electron chi connectivity index (χ3n) is 5.64. The Labute approximate surface area is 179 Å². The van der Waals surface area contributed by atoms with E-state index < -0.39 is 0 Å². The molecule has 1 aromatic heterocycles. The number of halogens is 1. The molecule has 2 fully saturated rings. The topological polar surface area (TPSA) is 56.4 Å². The molecule has 2 aromatic rings. The maximum Gasteiger partial charge on any atom is 0.270 e. The molecule has 2 aliphatic rings. The predicted octanol–water partition coefficient (Wildman–Crippen LogP) is 5.29. The Kier molecular flexibility index (Phi) is 9.34. The number of aromatic nitrogens is 1. The highest BCUT2D eigenvalue weighted by atomic mass is 19.1. The summed E-state index contributed by atoms with van der Waals surface area (Å²) in [5.74, 6) is -0.0947. The van der Waals surface area contributed by atoms with Crippen LogP contribution in [0, 0.1) is 12.7 Å². The van der Waals surface area contributed by atoms with Crippen LogP contribution in [0.5, 0.6) is 0 Å². The number of nitrogens with zero attached hydrogens (tertiary/aromatic N) is 2. The first-order chi connectivity index (χ1) is 14.5. The second kappa shape index (κ2) is 11.7. The number of carbonyl (C=O) groups excluding carboxylic acids is 2. The van der Waals surface area contributed by atoms with Crippen molar-refractivity contribution in [2.75, 3.05) is 26.2 Å². The molecule has 0 radical (unpaired) electrons. The van der Waals surface area contributed by atoms with Gasteiger partial charge in [-0.1, -0.05) is 19.9 Å². The molecule has 2 aliphatic heterocycles. The number of H-pyrrole nitrogens is 1. The summed E-state index contributed by atoms with van der Waals surface area (Å²) in [6, 6.07) is 4.94. The van der Waals surface area contributed by atoms with Gasteiger partial charge in [-0.05, 0) is 63.1 Å². The number of nitrogens with one attached hydrogen (secondary N) is 1. The number of fused-ring (bicyclic) bond motifs is 1. The molecule has 0 aliphatic carbocycles. The smallest absolute Gasteiger partial charge is 0.270 e. The fourth-order valence-corrected chi connectivity index (χ4v) is 3.92. The molecule has 3 heterocycles. The number of aryl methyl sites for hydroxylation is 1. The van der Waals surface area contributed by atoms with Gasteiger partial charge in [0.15, 0.2) is 0 Å². The average Bonchev–Trinajstić information content (AvgIpc) is 3.26. The van der Waals surface area contributed by atoms with Crippen molar-refractivity contribution in [3.05, 3.63) is 35.3 Å². The van der Waals surface area contributed by atoms with Gasteiger partial charge in [-0.3, -0.25) is 9.59 Å². The van der Waals surface area contributed by atoms with Crippen molar-refractivity contribution in [3.8, 4) is 0 Å². The summed E-state index contributed by atoms with van der Waals surface area (Å²) in [6.45, 7) is 11.1. The van der Waals surface area contributed by atoms with Crippen molar-refractivity contribution in [2.45, 2.75) is 66.2 Å². The van der Waals surface area contributed by atoms with E-state index in [0.29, 0.717) is 11.2 Å². The monoisotopic (exact) mass is 417 g/mol. The van der Waals surface area contributed by atoms with E-state index in [0.717, 1.165) is 50.0 Å². The zero-order chi connectivity index (χ0) is 22.1. The molecule has 1 N–H and O–H groups in total. The van der Waals surface area contributed by atoms with Crippen LogP contribution in [-0.2, 0) is 4.79 Å². The molecule has 0 unspecified atom stereocenters. The van der Waals surface area contributed by atoms with E-state index in [2.05, 4.69) is 4.98 Å². The van der Waals surface area contributed by atoms with E-state index in [-0.39, 0.29) is 17.6 Å². The second-order valence-electron chi connectivity index (χ2n) is 7.76. The maximum atomic E-state index is 13.7. The molecular weight excluding hydrogens is 381 g/mol. The third-order valence-corrected chi connectivity index (χ3v) is 5.64. The lowest BCUT2D eigenvalue weighted by molar-refractivity contribution is -0.129. The number of hydrogen-bond acceptors (Lipinski definition) is 2. The van der Waals surface area contributed by atoms with Crippen LogP contribution >= 0.6 is 0 Å². The minimum Gasteiger partial charge on any atom is -0.348 e. The molecule has 0 bridgehead atoms. The standard InChI is InChI=1S/C15H17FN2O.C7H13NO.C2H6/c1-10-5-6-12(16)14-11(10)9-13(17-14)15(19)18-7-3-2-4-8-18;1-7(9)8-5-3-2-4-6-8;1-2/h5-6,9,17H,2-4,7-8H2,1H3;2-6H2,1H3;1-2H3. The first kappa shape index (κ1) is 23.9. The summed E-state index contributed by atoms with van der Waals surface area (Å²) in [5.41, 5.74) is 1.90. The van der Waals surface area contributed by atoms with E-state index >= 15 is 0 Å². The van der Waals surface area contributed by atoms with Crippen molar-refractivity contribution in [1.82, 2.24) is 14.8 Å². The molecule has 4 rings (SSSR count). The van der Waals surface area contributed by atoms with Crippen molar-refractivity contribution in [2.24, 2.45) is 0 Å². The van der Waals surface area contributed by atoms with Crippen LogP contribution in [0.3, 0.4) is 0 Å². The molecule has 0 atom stereocenters. The van der Waals surface area contributed by atoms with Gasteiger partial charge in [-0.2, -0.15) is 0 Å². The molecular formula is C24H36FN3O2. The summed E-state index contributed by atoms with van der Waals surface area (Å²) in [4.78, 5) is 29.8. The van der Waals surface area contributed by atoms with Crippen LogP contribution in [0.2, 0.25) is 0 Å². The van der Waals surface area contributed by atoms with Crippen LogP contribution in [0.25, 0.3) is 10.9 Å². The Bertz CT molecular complexity index is 795. The number of hydrogen-bond donors (Lipinski definition) is 1. The Balaban J connectivity index is 0.000000245. The SMILES string of the molecule is CC.CC(=O)N1CCCCC1.Cc1ccc(F)c2[nH]c(C(=O)N3CCCCC3)cc12. The van der Waals surface area contributed by atoms with Gasteiger partial charge in [0, 0.05) is 38.5 Å². The van der Waals surface area contributed by atoms with Crippen LogP contribution in [0.4, 0.5) is 4.39 Å². The molecule has 166 valence electrons. The first-order valence-corrected chi connectivity index (χ1v) is 11.3. The molecule has 2 saturated heterocycles. The maximum absolute atomic E-state index is 13.7. The number of aromatic amines is 1. The molecule has 0 spiro atoms. The van der Waals surface area contributed by atoms with Gasteiger partial charge in [-0.15, -0.1) is 0 Å². The summed E-state index contributed by atoms with van der Waals surface area (Å²) >= 11 is 0. The first-order valence-electron chi connectivity index (χ1n) is 11.3. The van der Waals surface area contributed by atoms with Crippen molar-refractivity contribution in [3.63, 3.8) is 0 Å². The lowest BCUT2D eigenvalue weighted by Crippen LogP contribution is -2.35. The van der Waals surface area contributed by atoms with Gasteiger partial charge in [-0.25, -0.2) is 4.39 Å². The average molecular weight is 418 g/mol. The van der Waals surface area contributed by atoms with Crippen molar-refractivity contribution in [1.29, 1.82) is 0 Å². The van der Waals surface area contributed by atoms with Gasteiger partial charge in [0.2, 0.25) is 5.91 Å². The Hall–Kier alpha value is -2.37. The highest BCUT2D eigenvalue weighted by Crippen LogP contribution is 2.23. The van der Waals surface area contributed by atoms with Gasteiger partial charge in [0.25, 0.3) is 5.91 Å². The van der Waals surface area contributed by atoms with Gasteiger partial charge >= 0.3 is 0 Å². The van der Waals surface area contributed by atoms with E-state index in [9.17, 15) is 14.0 Å². The molecule has 5 nitrogen and oxygen atoms in total. The lowest BCUT2D eigenvalue weighted by Gasteiger charge is -2.26. The molecule has 6 heteroatoms. The van der Waals surface area contributed by atoms with E-state index in [1.54, 1.807) is 19.1 Å². The number of benzene rings is 1. The summed E-state index contributed by atoms with van der Waals surface area (Å²) in [7, 11) is 0. The lowest BCUT2D eigenvalue weighted by atomic mass is 10.1. The number of amides is 2. The van der Waals surface area contributed by atoms with Gasteiger partial charge in [0.05, 0.1) is 5.52 Å². The predicted molar refractivity (Wildman–Crippen MR) is 120 cm³/mol. The zero-order valence-corrected chi connectivity index (χ0v) is 18.9. The molecule has 2 amide bonds. The van der Waals surface area contributed by atoms with Crippen LogP contribution in [0.15, 0.2) is 18.2 Å². The molecule has 0 saturated carbocycles. The Morgan fingerprint density at radius 1 is 0.900 bits per heavy atom. The Morgan fingerprint density at radius 3 is 1.90 bits per heavy atom. The number of piperidine rings is 2. The highest BCUT2D eigenvalue weighted by Gasteiger charge is 2.20. The summed E-state index contributed by atoms with van der Waals surface area (Å²) < 4.78 is 13.7. The van der Waals surface area contributed by atoms with E-state index in [1.165, 1.54) is 31.7 Å². The molecule has 30 heavy (non-hydrogen) atoms.